The number of hydrogen-bond donors (Lipinski definition) is 5. The fraction of sp³-hybridized carbons (Fsp3) is 0.300. The summed E-state index contributed by atoms with van der Waals surface area (Å²) >= 11 is 30.8. The Balaban J connectivity index is 0.000000189. The molecule has 6 N–H and O–H groups in total. The van der Waals surface area contributed by atoms with E-state index in [1.807, 2.05) is 43.3 Å². The fourth-order valence-corrected chi connectivity index (χ4v) is 6.53. The molecule has 0 radical (unpaired) electrons. The van der Waals surface area contributed by atoms with Crippen LogP contribution >= 0.6 is 71.2 Å². The molecule has 4 aliphatic rings. The molecule has 56 heavy (non-hydrogen) atoms. The Kier molecular flexibility index (Phi) is 18.5. The Hall–Kier alpha value is -2.79. The molecule has 0 saturated heterocycles. The predicted molar refractivity (Wildman–Crippen MR) is 237 cm³/mol. The maximum Gasteiger partial charge on any atom is -0.219 e. The summed E-state index contributed by atoms with van der Waals surface area (Å²) in [7, 11) is 0. The molecule has 0 bridgehead atoms. The summed E-state index contributed by atoms with van der Waals surface area (Å²) in [5, 5.41) is 18.8. The Morgan fingerprint density at radius 1 is 0.607 bits per heavy atom. The van der Waals surface area contributed by atoms with Gasteiger partial charge < -0.3 is 10.5 Å². The number of carbonyl (C=O) groups excluding carboxylic acids is 2. The molecule has 4 aromatic rings. The minimum absolute atomic E-state index is 0.0660. The molecule has 4 aromatic carbocycles. The first-order valence-electron chi connectivity index (χ1n) is 17.6. The molecule has 16 heteroatoms. The van der Waals surface area contributed by atoms with Gasteiger partial charge in [-0.05, 0) is 81.7 Å². The van der Waals surface area contributed by atoms with Gasteiger partial charge in [0.2, 0.25) is 0 Å². The van der Waals surface area contributed by atoms with Crippen molar-refractivity contribution >= 4 is 93.9 Å². The maximum atomic E-state index is 11.3. The smallest absolute Gasteiger partial charge is 0.219 e. The number of amides is 1. The van der Waals surface area contributed by atoms with Gasteiger partial charge in [0.15, 0.2) is 11.6 Å². The van der Waals surface area contributed by atoms with E-state index in [1.165, 1.54) is 44.5 Å². The van der Waals surface area contributed by atoms with Crippen LogP contribution in [-0.4, -0.2) is 52.7 Å². The van der Waals surface area contributed by atoms with Crippen LogP contribution in [-0.2, 0) is 25.7 Å². The Labute approximate surface area is 357 Å². The zero-order valence-corrected chi connectivity index (χ0v) is 36.9. The van der Waals surface area contributed by atoms with Crippen LogP contribution in [0.15, 0.2) is 82.8 Å². The number of aliphatic imine (C=N–C) groups is 2. The summed E-state index contributed by atoms with van der Waals surface area (Å²) in [6.07, 6.45) is 4.59. The zero-order chi connectivity index (χ0) is 41.7. The van der Waals surface area contributed by atoms with Crippen LogP contribution in [0.5, 0.6) is 0 Å². The van der Waals surface area contributed by atoms with Crippen molar-refractivity contribution in [1.82, 2.24) is 10.8 Å². The molecule has 0 atom stereocenters. The number of amidine groups is 1. The van der Waals surface area contributed by atoms with E-state index in [-0.39, 0.29) is 5.91 Å². The van der Waals surface area contributed by atoms with E-state index >= 15 is 0 Å². The Bertz CT molecular complexity index is 2060. The van der Waals surface area contributed by atoms with Crippen LogP contribution in [0.4, 0.5) is 0 Å². The summed E-state index contributed by atoms with van der Waals surface area (Å²) < 4.78 is -3.69. The monoisotopic (exact) mass is 901 g/mol. The van der Waals surface area contributed by atoms with Crippen molar-refractivity contribution < 1.29 is 20.0 Å². The number of ketones is 1. The largest absolute Gasteiger partial charge is 0.320 e. The number of nitrogens with one attached hydrogen (secondary N) is 2. The number of carbonyl (C=O) groups is 2. The van der Waals surface area contributed by atoms with Crippen molar-refractivity contribution in [3.05, 3.63) is 140 Å². The summed E-state index contributed by atoms with van der Waals surface area (Å²) in [4.78, 5) is 30.8. The van der Waals surface area contributed by atoms with E-state index in [2.05, 4.69) is 83.8 Å². The maximum absolute atomic E-state index is 11.3. The first-order chi connectivity index (χ1) is 26.4. The molecule has 302 valence electrons. The normalized spacial score (nSPS) is 15.1. The molecular formula is C40H46Cl6N5O4P. The van der Waals surface area contributed by atoms with Crippen LogP contribution < -0.4 is 16.7 Å². The summed E-state index contributed by atoms with van der Waals surface area (Å²) in [5.74, 6) is 4.46. The number of hydrogen-bond acceptors (Lipinski definition) is 8. The number of hydroxylamine groups is 1. The molecule has 3 aliphatic heterocycles. The third-order valence-corrected chi connectivity index (χ3v) is 9.08. The fourth-order valence-electron chi connectivity index (χ4n) is 6.26. The van der Waals surface area contributed by atoms with Crippen LogP contribution in [0, 0.1) is 27.7 Å². The number of halogens is 6. The average Bonchev–Trinajstić information content (AvgIpc) is 3.51. The number of Topliss-reactive ketones (excluding diaryl/α,β-unsaturated/α-hetero) is 1. The van der Waals surface area contributed by atoms with Crippen molar-refractivity contribution in [3.63, 3.8) is 0 Å². The van der Waals surface area contributed by atoms with E-state index < -0.39 is 3.37 Å². The minimum Gasteiger partial charge on any atom is -0.320 e. The molecule has 1 aliphatic carbocycles. The molecule has 8 rings (SSSR count). The van der Waals surface area contributed by atoms with Crippen molar-refractivity contribution in [3.8, 4) is 0 Å². The number of nitrogens with two attached hydrogens (primary N) is 1. The second-order valence-corrected chi connectivity index (χ2v) is 30.2. The number of fused-ring (bicyclic) bond motifs is 4. The van der Waals surface area contributed by atoms with Crippen LogP contribution in [0.2, 0.25) is 0 Å². The van der Waals surface area contributed by atoms with E-state index in [4.69, 9.17) is 78.2 Å². The van der Waals surface area contributed by atoms with E-state index in [1.54, 1.807) is 0 Å². The van der Waals surface area contributed by atoms with Gasteiger partial charge in [-0.15, -0.1) is 0 Å². The molecule has 0 aromatic heterocycles. The number of benzene rings is 4. The Morgan fingerprint density at radius 3 is 1.54 bits per heavy atom. The van der Waals surface area contributed by atoms with Crippen molar-refractivity contribution in [2.75, 3.05) is 19.6 Å². The third-order valence-electron chi connectivity index (χ3n) is 8.76. The van der Waals surface area contributed by atoms with Gasteiger partial charge in [0, 0.05) is 48.3 Å². The van der Waals surface area contributed by atoms with Gasteiger partial charge in [0.25, 0.3) is 5.91 Å². The molecule has 1 amide bonds. The first-order valence-corrected chi connectivity index (χ1v) is 24.7. The predicted octanol–water partition coefficient (Wildman–Crippen LogP) is 10.9. The van der Waals surface area contributed by atoms with Crippen molar-refractivity contribution in [1.29, 1.82) is 0 Å². The standard InChI is InChI=1S/C10H10ClN.C10H12N2O.C10H11NO.C10H10O.Cl5P.H3NO/c1-7-2-3-9-8(6-7)4-5-12-10(9)11;1-7-2-3-9-8(6-7)4-5-11-10(9)12-13;1-7-2-3-9-8(6-7)4-5-11-10(9)12;1-7-2-4-9-8(6-7)3-5-10(9)11;1-6(2,3,4)5;1-2/h2-3,6H,4-5H2,1H3;2-3,6,13H,4-5H2,1H3,(H,11,12);2-3,6H,4-5H2,1H3,(H,11,12);2,4,6H,3,5H2,1H3;;2H,1H2. The Morgan fingerprint density at radius 2 is 1.02 bits per heavy atom. The van der Waals surface area contributed by atoms with Gasteiger partial charge in [-0.3, -0.25) is 30.3 Å². The van der Waals surface area contributed by atoms with E-state index in [0.717, 1.165) is 67.6 Å². The van der Waals surface area contributed by atoms with E-state index in [9.17, 15) is 9.59 Å². The summed E-state index contributed by atoms with van der Waals surface area (Å²) in [6.45, 7) is 10.6. The molecule has 3 heterocycles. The third kappa shape index (κ3) is 15.9. The quantitative estimate of drug-likeness (QED) is 0.0876. The van der Waals surface area contributed by atoms with Crippen LogP contribution in [0.25, 0.3) is 0 Å². The summed E-state index contributed by atoms with van der Waals surface area (Å²) in [5.41, 5.74) is 16.0. The van der Waals surface area contributed by atoms with Gasteiger partial charge >= 0.3 is 59.6 Å². The number of nitrogens with zero attached hydrogens (tertiary/aromatic N) is 2. The molecule has 0 spiro atoms. The van der Waals surface area contributed by atoms with Gasteiger partial charge in [0.05, 0.1) is 0 Å². The van der Waals surface area contributed by atoms with Gasteiger partial charge in [-0.1, -0.05) is 101 Å². The zero-order valence-electron chi connectivity index (χ0n) is 31.5. The van der Waals surface area contributed by atoms with Crippen LogP contribution in [0.3, 0.4) is 0 Å². The second-order valence-electron chi connectivity index (χ2n) is 13.2. The van der Waals surface area contributed by atoms with Crippen LogP contribution in [0.1, 0.15) is 82.8 Å². The SMILES string of the molecule is Cc1ccc2c(c1)CCC2=O.Cc1ccc2c(c1)CCN=C2Cl.Cc1ccc2c(c1)CCN=C2NO.Cc1ccc2c(c1)CCNC2=O.ClP(Cl)(Cl)(Cl)Cl.NO. The van der Waals surface area contributed by atoms with Crippen molar-refractivity contribution in [2.24, 2.45) is 15.9 Å². The molecular weight excluding hydrogens is 858 g/mol. The first kappa shape index (κ1) is 47.6. The number of rotatable bonds is 0. The second kappa shape index (κ2) is 21.8. The molecule has 0 unspecified atom stereocenters. The summed E-state index contributed by atoms with van der Waals surface area (Å²) in [6, 6.07) is 24.5. The molecule has 0 saturated carbocycles. The van der Waals surface area contributed by atoms with Crippen molar-refractivity contribution in [2.45, 2.75) is 59.8 Å². The van der Waals surface area contributed by atoms with Gasteiger partial charge in [-0.25, -0.2) is 5.90 Å². The van der Waals surface area contributed by atoms with E-state index in [0.29, 0.717) is 23.2 Å². The average molecular weight is 905 g/mol. The molecule has 9 nitrogen and oxygen atoms in total. The molecule has 0 fully saturated rings. The minimum atomic E-state index is -3.69. The topological polar surface area (TPSA) is 149 Å². The van der Waals surface area contributed by atoms with Gasteiger partial charge in [0.1, 0.15) is 5.17 Å². The van der Waals surface area contributed by atoms with Gasteiger partial charge in [-0.2, -0.15) is 0 Å². The number of aryl methyl sites for hydroxylation is 5.